The molecule has 8 heteroatoms. The first kappa shape index (κ1) is 19.4. The van der Waals surface area contributed by atoms with E-state index in [4.69, 9.17) is 11.6 Å². The van der Waals surface area contributed by atoms with Crippen LogP contribution in [0.3, 0.4) is 0 Å². The maximum absolute atomic E-state index is 13.0. The van der Waals surface area contributed by atoms with Crippen molar-refractivity contribution in [3.8, 4) is 0 Å². The van der Waals surface area contributed by atoms with Gasteiger partial charge >= 0.3 is 0 Å². The molecule has 1 aliphatic rings. The average Bonchev–Trinajstić information content (AvgIpc) is 3.08. The molecule has 7 nitrogen and oxygen atoms in total. The van der Waals surface area contributed by atoms with E-state index in [1.54, 1.807) is 16.8 Å². The molecule has 1 saturated heterocycles. The van der Waals surface area contributed by atoms with E-state index in [0.29, 0.717) is 36.8 Å². The van der Waals surface area contributed by atoms with Crippen LogP contribution < -0.4 is 0 Å². The fraction of sp³-hybridized carbons (Fsp3) is 0.421. The summed E-state index contributed by atoms with van der Waals surface area (Å²) in [7, 11) is 3.68. The molecule has 2 heterocycles. The van der Waals surface area contributed by atoms with Gasteiger partial charge in [-0.3, -0.25) is 19.6 Å². The lowest BCUT2D eigenvalue weighted by Gasteiger charge is -2.40. The van der Waals surface area contributed by atoms with Gasteiger partial charge in [-0.05, 0) is 25.6 Å². The molecular formula is C19H24ClN5O2. The van der Waals surface area contributed by atoms with Gasteiger partial charge in [0.2, 0.25) is 5.91 Å². The number of nitrogens with one attached hydrogen (secondary N) is 1. The lowest BCUT2D eigenvalue weighted by atomic mass is 10.1. The highest BCUT2D eigenvalue weighted by atomic mass is 35.5. The molecule has 0 unspecified atom stereocenters. The summed E-state index contributed by atoms with van der Waals surface area (Å²) in [5.41, 5.74) is 2.18. The Hall–Kier alpha value is -2.38. The van der Waals surface area contributed by atoms with Gasteiger partial charge in [0, 0.05) is 43.9 Å². The predicted molar refractivity (Wildman–Crippen MR) is 104 cm³/mol. The van der Waals surface area contributed by atoms with E-state index in [1.807, 2.05) is 43.1 Å². The minimum atomic E-state index is -0.387. The Morgan fingerprint density at radius 2 is 2.07 bits per heavy atom. The largest absolute Gasteiger partial charge is 0.340 e. The minimum Gasteiger partial charge on any atom is -0.340 e. The van der Waals surface area contributed by atoms with Crippen LogP contribution >= 0.6 is 11.6 Å². The number of aryl methyl sites for hydroxylation is 1. The summed E-state index contributed by atoms with van der Waals surface area (Å²) >= 11 is 6.21. The Bertz CT molecular complexity index is 837. The van der Waals surface area contributed by atoms with Gasteiger partial charge in [-0.15, -0.1) is 0 Å². The molecule has 1 N–H and O–H groups in total. The maximum atomic E-state index is 13.0. The van der Waals surface area contributed by atoms with Crippen molar-refractivity contribution in [2.45, 2.75) is 19.5 Å². The van der Waals surface area contributed by atoms with Crippen LogP contribution in [0.2, 0.25) is 5.02 Å². The Kier molecular flexibility index (Phi) is 5.82. The number of hydrogen-bond donors (Lipinski definition) is 1. The van der Waals surface area contributed by atoms with Crippen molar-refractivity contribution in [2.75, 3.05) is 33.7 Å². The minimum absolute atomic E-state index is 0.0289. The normalized spacial score (nSPS) is 17.8. The van der Waals surface area contributed by atoms with E-state index in [2.05, 4.69) is 10.2 Å². The van der Waals surface area contributed by atoms with Crippen LogP contribution in [0.1, 0.15) is 21.6 Å². The number of piperazine rings is 1. The first-order chi connectivity index (χ1) is 12.9. The Labute approximate surface area is 163 Å². The smallest absolute Gasteiger partial charge is 0.257 e. The highest BCUT2D eigenvalue weighted by molar-refractivity contribution is 6.31. The number of aromatic nitrogens is 2. The second kappa shape index (κ2) is 8.10. The zero-order valence-corrected chi connectivity index (χ0v) is 16.5. The van der Waals surface area contributed by atoms with Crippen LogP contribution in [0.15, 0.2) is 30.5 Å². The standard InChI is InChI=1S/C19H24ClN5O2/c1-13-15(10-21-22-13)18(26)25-9-8-23(2)17(12-25)19(27)24(3)11-14-6-4-5-7-16(14)20/h4-7,10,17H,8-9,11-12H2,1-3H3,(H,21,22)/t17-/m0/s1. The van der Waals surface area contributed by atoms with Crippen molar-refractivity contribution in [1.82, 2.24) is 24.9 Å². The summed E-state index contributed by atoms with van der Waals surface area (Å²) in [4.78, 5) is 31.2. The lowest BCUT2D eigenvalue weighted by molar-refractivity contribution is -0.137. The van der Waals surface area contributed by atoms with E-state index < -0.39 is 0 Å². The van der Waals surface area contributed by atoms with Gasteiger partial charge in [0.25, 0.3) is 5.91 Å². The van der Waals surface area contributed by atoms with Crippen LogP contribution in [0, 0.1) is 6.92 Å². The topological polar surface area (TPSA) is 72.5 Å². The number of likely N-dealkylation sites (N-methyl/N-ethyl adjacent to an activating group) is 2. The summed E-state index contributed by atoms with van der Waals surface area (Å²) in [5.74, 6) is -0.125. The molecule has 3 rings (SSSR count). The number of aromatic amines is 1. The van der Waals surface area contributed by atoms with Crippen molar-refractivity contribution in [3.05, 3.63) is 52.3 Å². The molecule has 0 saturated carbocycles. The van der Waals surface area contributed by atoms with Gasteiger partial charge in [0.1, 0.15) is 6.04 Å². The number of halogens is 1. The Morgan fingerprint density at radius 3 is 2.74 bits per heavy atom. The van der Waals surface area contributed by atoms with E-state index in [0.717, 1.165) is 11.3 Å². The summed E-state index contributed by atoms with van der Waals surface area (Å²) in [6.45, 7) is 3.82. The highest BCUT2D eigenvalue weighted by Crippen LogP contribution is 2.19. The number of H-pyrrole nitrogens is 1. The summed E-state index contributed by atoms with van der Waals surface area (Å²) in [6, 6.07) is 7.11. The molecular weight excluding hydrogens is 366 g/mol. The second-order valence-corrected chi connectivity index (χ2v) is 7.35. The molecule has 0 aliphatic carbocycles. The SMILES string of the molecule is Cc1[nH]ncc1C(=O)N1CCN(C)[C@H](C(=O)N(C)Cc2ccccc2Cl)C1. The third kappa shape index (κ3) is 4.14. The molecule has 0 radical (unpaired) electrons. The lowest BCUT2D eigenvalue weighted by Crippen LogP contribution is -2.58. The van der Waals surface area contributed by atoms with E-state index in [9.17, 15) is 9.59 Å². The summed E-state index contributed by atoms with van der Waals surface area (Å²) in [5, 5.41) is 7.35. The molecule has 0 spiro atoms. The molecule has 1 atom stereocenters. The van der Waals surface area contributed by atoms with Crippen molar-refractivity contribution in [2.24, 2.45) is 0 Å². The van der Waals surface area contributed by atoms with Gasteiger partial charge in [-0.2, -0.15) is 5.10 Å². The van der Waals surface area contributed by atoms with Gasteiger partial charge in [0.15, 0.2) is 0 Å². The van der Waals surface area contributed by atoms with E-state index in [-0.39, 0.29) is 17.9 Å². The van der Waals surface area contributed by atoms with Gasteiger partial charge < -0.3 is 9.80 Å². The molecule has 27 heavy (non-hydrogen) atoms. The first-order valence-electron chi connectivity index (χ1n) is 8.86. The fourth-order valence-electron chi connectivity index (χ4n) is 3.28. The van der Waals surface area contributed by atoms with Crippen molar-refractivity contribution in [3.63, 3.8) is 0 Å². The number of rotatable bonds is 4. The second-order valence-electron chi connectivity index (χ2n) is 6.94. The number of amides is 2. The molecule has 1 aromatic carbocycles. The van der Waals surface area contributed by atoms with Crippen molar-refractivity contribution < 1.29 is 9.59 Å². The molecule has 1 aromatic heterocycles. The van der Waals surface area contributed by atoms with Crippen molar-refractivity contribution in [1.29, 1.82) is 0 Å². The molecule has 2 aromatic rings. The van der Waals surface area contributed by atoms with Crippen LogP contribution in [-0.2, 0) is 11.3 Å². The summed E-state index contributed by atoms with van der Waals surface area (Å²) in [6.07, 6.45) is 1.54. The Balaban J connectivity index is 1.70. The highest BCUT2D eigenvalue weighted by Gasteiger charge is 2.34. The van der Waals surface area contributed by atoms with Crippen LogP contribution in [-0.4, -0.2) is 76.5 Å². The third-order valence-corrected chi connectivity index (χ3v) is 5.39. The van der Waals surface area contributed by atoms with E-state index in [1.165, 1.54) is 6.20 Å². The Morgan fingerprint density at radius 1 is 1.33 bits per heavy atom. The van der Waals surface area contributed by atoms with E-state index >= 15 is 0 Å². The quantitative estimate of drug-likeness (QED) is 0.865. The van der Waals surface area contributed by atoms with Crippen molar-refractivity contribution >= 4 is 23.4 Å². The maximum Gasteiger partial charge on any atom is 0.257 e. The summed E-state index contributed by atoms with van der Waals surface area (Å²) < 4.78 is 0. The number of carbonyl (C=O) groups excluding carboxylic acids is 2. The monoisotopic (exact) mass is 389 g/mol. The molecule has 1 fully saturated rings. The molecule has 0 bridgehead atoms. The molecule has 2 amide bonds. The van der Waals surface area contributed by atoms with Gasteiger partial charge in [0.05, 0.1) is 11.8 Å². The number of benzene rings is 1. The van der Waals surface area contributed by atoms with Crippen LogP contribution in [0.4, 0.5) is 0 Å². The zero-order chi connectivity index (χ0) is 19.6. The average molecular weight is 390 g/mol. The molecule has 1 aliphatic heterocycles. The zero-order valence-electron chi connectivity index (χ0n) is 15.8. The van der Waals surface area contributed by atoms with Crippen LogP contribution in [0.25, 0.3) is 0 Å². The van der Waals surface area contributed by atoms with Gasteiger partial charge in [-0.25, -0.2) is 0 Å². The number of carbonyl (C=O) groups is 2. The predicted octanol–water partition coefficient (Wildman–Crippen LogP) is 1.79. The number of nitrogens with zero attached hydrogens (tertiary/aromatic N) is 4. The first-order valence-corrected chi connectivity index (χ1v) is 9.24. The van der Waals surface area contributed by atoms with Gasteiger partial charge in [-0.1, -0.05) is 29.8 Å². The molecule has 144 valence electrons. The third-order valence-electron chi connectivity index (χ3n) is 5.02. The number of hydrogen-bond acceptors (Lipinski definition) is 4. The fourth-order valence-corrected chi connectivity index (χ4v) is 3.47. The van der Waals surface area contributed by atoms with Crippen LogP contribution in [0.5, 0.6) is 0 Å².